The number of ether oxygens (including phenoxy) is 1. The van der Waals surface area contributed by atoms with E-state index in [1.54, 1.807) is 0 Å². The lowest BCUT2D eigenvalue weighted by Crippen LogP contribution is -2.49. The molecule has 3 aliphatic rings. The molecule has 1 saturated heterocycles. The largest absolute Gasteiger partial charge is 0.390 e. The molecule has 2 fully saturated rings. The molecule has 18 heavy (non-hydrogen) atoms. The van der Waals surface area contributed by atoms with Crippen molar-refractivity contribution in [2.75, 3.05) is 0 Å². The Labute approximate surface area is 109 Å². The molecule has 0 radical (unpaired) electrons. The summed E-state index contributed by atoms with van der Waals surface area (Å²) in [5.74, 6) is 0.468. The molecule has 0 aromatic rings. The highest BCUT2D eigenvalue weighted by Crippen LogP contribution is 2.59. The van der Waals surface area contributed by atoms with E-state index >= 15 is 0 Å². The minimum Gasteiger partial charge on any atom is -0.390 e. The zero-order valence-corrected chi connectivity index (χ0v) is 11.7. The summed E-state index contributed by atoms with van der Waals surface area (Å²) >= 11 is 0. The number of fused-ring (bicyclic) bond motifs is 4. The average molecular weight is 252 g/mol. The zero-order chi connectivity index (χ0) is 13.3. The smallest absolute Gasteiger partial charge is 0.0991 e. The van der Waals surface area contributed by atoms with E-state index in [1.807, 2.05) is 13.8 Å². The standard InChI is InChI=1S/C15H24O3/c1-9(2)15-7-11-10(5-6-13(11,3)17)14(4,18-15)12(16)8-15/h7,9-10,12,16-17H,5-6,8H2,1-4H3/t10?,12?,13?,14-,15?/m0/s1. The third-order valence-corrected chi connectivity index (χ3v) is 5.57. The SMILES string of the molecule is CC(C)C12C=C3C(CCC3(C)O)[C@](C)(O1)C(O)C2. The van der Waals surface area contributed by atoms with E-state index < -0.39 is 22.9 Å². The predicted molar refractivity (Wildman–Crippen MR) is 69.1 cm³/mol. The predicted octanol–water partition coefficient (Wildman–Crippen LogP) is 2.02. The van der Waals surface area contributed by atoms with Crippen LogP contribution in [-0.2, 0) is 4.74 Å². The van der Waals surface area contributed by atoms with Crippen LogP contribution in [0.15, 0.2) is 11.6 Å². The molecule has 2 aliphatic heterocycles. The van der Waals surface area contributed by atoms with Crippen LogP contribution in [0.3, 0.4) is 0 Å². The van der Waals surface area contributed by atoms with Gasteiger partial charge in [-0.25, -0.2) is 0 Å². The first kappa shape index (κ1) is 12.6. The van der Waals surface area contributed by atoms with E-state index in [0.717, 1.165) is 18.4 Å². The minimum absolute atomic E-state index is 0.164. The molecule has 4 unspecified atom stereocenters. The number of aliphatic hydroxyl groups excluding tert-OH is 1. The van der Waals surface area contributed by atoms with Gasteiger partial charge in [0.2, 0.25) is 0 Å². The van der Waals surface area contributed by atoms with Crippen molar-refractivity contribution in [2.24, 2.45) is 11.8 Å². The van der Waals surface area contributed by atoms with Gasteiger partial charge in [0.25, 0.3) is 0 Å². The fourth-order valence-corrected chi connectivity index (χ4v) is 4.15. The zero-order valence-electron chi connectivity index (χ0n) is 11.7. The van der Waals surface area contributed by atoms with Crippen molar-refractivity contribution in [1.29, 1.82) is 0 Å². The number of rotatable bonds is 1. The molecule has 2 heterocycles. The second kappa shape index (κ2) is 3.38. The molecule has 3 heteroatoms. The summed E-state index contributed by atoms with van der Waals surface area (Å²) in [4.78, 5) is 0. The second-order valence-electron chi connectivity index (χ2n) is 7.08. The van der Waals surface area contributed by atoms with Crippen LogP contribution in [0.5, 0.6) is 0 Å². The van der Waals surface area contributed by atoms with Gasteiger partial charge in [-0.15, -0.1) is 0 Å². The molecule has 2 bridgehead atoms. The fraction of sp³-hybridized carbons (Fsp3) is 0.867. The van der Waals surface area contributed by atoms with Crippen molar-refractivity contribution in [2.45, 2.75) is 69.9 Å². The molecular formula is C15H24O3. The maximum absolute atomic E-state index is 10.5. The Morgan fingerprint density at radius 1 is 1.39 bits per heavy atom. The third-order valence-electron chi connectivity index (χ3n) is 5.57. The Balaban J connectivity index is 2.14. The molecular weight excluding hydrogens is 228 g/mol. The molecule has 5 atom stereocenters. The molecule has 0 amide bonds. The van der Waals surface area contributed by atoms with Crippen LogP contribution in [-0.4, -0.2) is 33.1 Å². The lowest BCUT2D eigenvalue weighted by molar-refractivity contribution is -0.145. The number of hydrogen-bond donors (Lipinski definition) is 2. The van der Waals surface area contributed by atoms with Crippen LogP contribution in [0.1, 0.15) is 47.0 Å². The van der Waals surface area contributed by atoms with E-state index in [9.17, 15) is 10.2 Å². The van der Waals surface area contributed by atoms with Crippen LogP contribution in [0.2, 0.25) is 0 Å². The first-order chi connectivity index (χ1) is 8.21. The van der Waals surface area contributed by atoms with Crippen LogP contribution in [0.25, 0.3) is 0 Å². The molecule has 102 valence electrons. The van der Waals surface area contributed by atoms with Crippen molar-refractivity contribution in [3.8, 4) is 0 Å². The van der Waals surface area contributed by atoms with E-state index in [1.165, 1.54) is 0 Å². The van der Waals surface area contributed by atoms with Crippen molar-refractivity contribution in [1.82, 2.24) is 0 Å². The van der Waals surface area contributed by atoms with E-state index in [-0.39, 0.29) is 5.92 Å². The molecule has 1 aliphatic carbocycles. The molecule has 0 spiro atoms. The summed E-state index contributed by atoms with van der Waals surface area (Å²) in [6.45, 7) is 8.16. The lowest BCUT2D eigenvalue weighted by Gasteiger charge is -2.44. The monoisotopic (exact) mass is 252 g/mol. The van der Waals surface area contributed by atoms with Gasteiger partial charge in [-0.3, -0.25) is 0 Å². The van der Waals surface area contributed by atoms with Crippen LogP contribution < -0.4 is 0 Å². The summed E-state index contributed by atoms with van der Waals surface area (Å²) < 4.78 is 6.32. The fourth-order valence-electron chi connectivity index (χ4n) is 4.15. The normalized spacial score (nSPS) is 54.7. The van der Waals surface area contributed by atoms with Gasteiger partial charge in [-0.05, 0) is 38.2 Å². The summed E-state index contributed by atoms with van der Waals surface area (Å²) in [5, 5.41) is 21.0. The second-order valence-corrected chi connectivity index (χ2v) is 7.08. The van der Waals surface area contributed by atoms with E-state index in [4.69, 9.17) is 4.74 Å². The van der Waals surface area contributed by atoms with Crippen LogP contribution >= 0.6 is 0 Å². The molecule has 3 nitrogen and oxygen atoms in total. The highest BCUT2D eigenvalue weighted by atomic mass is 16.5. The Morgan fingerprint density at radius 3 is 2.67 bits per heavy atom. The summed E-state index contributed by atoms with van der Waals surface area (Å²) in [5.41, 5.74) is -0.537. The molecule has 0 aromatic heterocycles. The topological polar surface area (TPSA) is 49.7 Å². The van der Waals surface area contributed by atoms with Gasteiger partial charge in [-0.1, -0.05) is 19.9 Å². The Hall–Kier alpha value is -0.380. The first-order valence-electron chi connectivity index (χ1n) is 7.05. The van der Waals surface area contributed by atoms with E-state index in [2.05, 4.69) is 19.9 Å². The Bertz CT molecular complexity index is 412. The number of aliphatic hydroxyl groups is 2. The van der Waals surface area contributed by atoms with Gasteiger partial charge in [0.15, 0.2) is 0 Å². The van der Waals surface area contributed by atoms with Crippen molar-refractivity contribution in [3.05, 3.63) is 11.6 Å². The highest BCUT2D eigenvalue weighted by Gasteiger charge is 2.63. The molecule has 1 saturated carbocycles. The minimum atomic E-state index is -0.722. The third kappa shape index (κ3) is 1.36. The Kier molecular flexibility index (Phi) is 2.38. The quantitative estimate of drug-likeness (QED) is 0.702. The maximum atomic E-state index is 10.5. The molecule has 3 rings (SSSR count). The van der Waals surface area contributed by atoms with Gasteiger partial charge in [0, 0.05) is 12.3 Å². The van der Waals surface area contributed by atoms with Crippen LogP contribution in [0.4, 0.5) is 0 Å². The van der Waals surface area contributed by atoms with Crippen LogP contribution in [0, 0.1) is 11.8 Å². The van der Waals surface area contributed by atoms with Gasteiger partial charge in [0.1, 0.15) is 0 Å². The lowest BCUT2D eigenvalue weighted by atomic mass is 9.78. The average Bonchev–Trinajstić information content (AvgIpc) is 2.65. The maximum Gasteiger partial charge on any atom is 0.0991 e. The van der Waals surface area contributed by atoms with E-state index in [0.29, 0.717) is 12.3 Å². The van der Waals surface area contributed by atoms with Gasteiger partial charge in [0.05, 0.1) is 22.9 Å². The molecule has 2 N–H and O–H groups in total. The molecule has 0 aromatic carbocycles. The van der Waals surface area contributed by atoms with Crippen molar-refractivity contribution >= 4 is 0 Å². The highest BCUT2D eigenvalue weighted by molar-refractivity contribution is 5.37. The van der Waals surface area contributed by atoms with Crippen molar-refractivity contribution in [3.63, 3.8) is 0 Å². The Morgan fingerprint density at radius 2 is 2.06 bits per heavy atom. The van der Waals surface area contributed by atoms with Crippen molar-refractivity contribution < 1.29 is 14.9 Å². The summed E-state index contributed by atoms with van der Waals surface area (Å²) in [6, 6.07) is 0. The van der Waals surface area contributed by atoms with Gasteiger partial charge in [-0.2, -0.15) is 0 Å². The van der Waals surface area contributed by atoms with Gasteiger partial charge < -0.3 is 14.9 Å². The van der Waals surface area contributed by atoms with Gasteiger partial charge >= 0.3 is 0 Å². The summed E-state index contributed by atoms with van der Waals surface area (Å²) in [7, 11) is 0. The summed E-state index contributed by atoms with van der Waals surface area (Å²) in [6.07, 6.45) is 4.02. The number of hydrogen-bond acceptors (Lipinski definition) is 3. The first-order valence-corrected chi connectivity index (χ1v) is 7.05.